The number of aromatic nitrogens is 4. The lowest BCUT2D eigenvalue weighted by molar-refractivity contribution is 0.0995. The molecule has 2 aromatic heterocycles. The Labute approximate surface area is 128 Å². The first-order chi connectivity index (χ1) is 10.7. The molecule has 1 aliphatic heterocycles. The van der Waals surface area contributed by atoms with Crippen molar-refractivity contribution in [2.24, 2.45) is 5.73 Å². The first-order valence-electron chi connectivity index (χ1n) is 7.54. The monoisotopic (exact) mass is 304 g/mol. The van der Waals surface area contributed by atoms with Crippen molar-refractivity contribution in [2.45, 2.75) is 38.6 Å². The zero-order valence-corrected chi connectivity index (χ0v) is 12.6. The van der Waals surface area contributed by atoms with Gasteiger partial charge in [-0.15, -0.1) is 10.2 Å². The van der Waals surface area contributed by atoms with Crippen LogP contribution in [0, 0.1) is 0 Å². The Morgan fingerprint density at radius 1 is 1.50 bits per heavy atom. The molecule has 0 aromatic carbocycles. The van der Waals surface area contributed by atoms with E-state index in [1.807, 2.05) is 6.92 Å². The maximum absolute atomic E-state index is 11.1. The van der Waals surface area contributed by atoms with Gasteiger partial charge >= 0.3 is 0 Å². The quantitative estimate of drug-likeness (QED) is 0.845. The molecular weight excluding hydrogens is 284 g/mol. The van der Waals surface area contributed by atoms with Crippen molar-refractivity contribution in [3.63, 3.8) is 0 Å². The third-order valence-electron chi connectivity index (χ3n) is 3.97. The number of rotatable bonds is 5. The number of aromatic amines is 1. The van der Waals surface area contributed by atoms with E-state index in [2.05, 4.69) is 25.3 Å². The van der Waals surface area contributed by atoms with E-state index in [-0.39, 0.29) is 5.69 Å². The Morgan fingerprint density at radius 2 is 2.32 bits per heavy atom. The maximum atomic E-state index is 11.1. The van der Waals surface area contributed by atoms with Gasteiger partial charge in [0.05, 0.1) is 6.54 Å². The van der Waals surface area contributed by atoms with Crippen LogP contribution in [0.1, 0.15) is 53.6 Å². The number of aryl methyl sites for hydroxylation is 1. The van der Waals surface area contributed by atoms with Gasteiger partial charge < -0.3 is 10.2 Å². The summed E-state index contributed by atoms with van der Waals surface area (Å²) in [6.07, 6.45) is 2.88. The van der Waals surface area contributed by atoms with E-state index in [0.717, 1.165) is 38.0 Å². The van der Waals surface area contributed by atoms with Crippen molar-refractivity contribution in [3.8, 4) is 0 Å². The molecule has 118 valence electrons. The van der Waals surface area contributed by atoms with E-state index in [0.29, 0.717) is 24.2 Å². The molecule has 1 fully saturated rings. The normalized spacial score (nSPS) is 19.4. The molecule has 1 atom stereocenters. The maximum Gasteiger partial charge on any atom is 0.269 e. The Bertz CT molecular complexity index is 649. The summed E-state index contributed by atoms with van der Waals surface area (Å²) in [4.78, 5) is 13.4. The molecule has 0 saturated carbocycles. The van der Waals surface area contributed by atoms with Gasteiger partial charge in [-0.3, -0.25) is 14.8 Å². The molecule has 0 radical (unpaired) electrons. The van der Waals surface area contributed by atoms with Crippen LogP contribution in [0.4, 0.5) is 0 Å². The number of nitrogens with two attached hydrogens (primary N) is 1. The lowest BCUT2D eigenvalue weighted by atomic mass is 9.94. The Balaban J connectivity index is 1.64. The second kappa shape index (κ2) is 6.27. The van der Waals surface area contributed by atoms with Gasteiger partial charge in [0, 0.05) is 24.6 Å². The molecule has 1 aliphatic rings. The molecular formula is C14H20N6O2. The minimum absolute atomic E-state index is 0.289. The largest absolute Gasteiger partial charge is 0.424 e. The van der Waals surface area contributed by atoms with Gasteiger partial charge in [-0.25, -0.2) is 0 Å². The average Bonchev–Trinajstić information content (AvgIpc) is 3.16. The minimum Gasteiger partial charge on any atom is -0.424 e. The van der Waals surface area contributed by atoms with Crippen LogP contribution in [0.25, 0.3) is 0 Å². The number of carbonyl (C=O) groups excluding carboxylic acids is 1. The van der Waals surface area contributed by atoms with Gasteiger partial charge in [0.15, 0.2) is 0 Å². The fourth-order valence-corrected chi connectivity index (χ4v) is 2.81. The Kier molecular flexibility index (Phi) is 4.19. The summed E-state index contributed by atoms with van der Waals surface area (Å²) in [5.41, 5.74) is 6.49. The molecule has 22 heavy (non-hydrogen) atoms. The van der Waals surface area contributed by atoms with E-state index >= 15 is 0 Å². The third-order valence-corrected chi connectivity index (χ3v) is 3.97. The molecule has 3 N–H and O–H groups in total. The summed E-state index contributed by atoms with van der Waals surface area (Å²) < 4.78 is 5.57. The van der Waals surface area contributed by atoms with Crippen molar-refractivity contribution in [2.75, 3.05) is 13.1 Å². The number of carbonyl (C=O) groups is 1. The summed E-state index contributed by atoms with van der Waals surface area (Å²) in [7, 11) is 0. The number of nitrogens with zero attached hydrogens (tertiary/aromatic N) is 4. The Hall–Kier alpha value is -2.22. The molecule has 0 aliphatic carbocycles. The van der Waals surface area contributed by atoms with E-state index < -0.39 is 5.91 Å². The van der Waals surface area contributed by atoms with Gasteiger partial charge in [0.25, 0.3) is 5.91 Å². The van der Waals surface area contributed by atoms with Crippen LogP contribution in [-0.4, -0.2) is 44.3 Å². The van der Waals surface area contributed by atoms with E-state index in [1.165, 1.54) is 0 Å². The van der Waals surface area contributed by atoms with E-state index in [1.54, 1.807) is 6.07 Å². The summed E-state index contributed by atoms with van der Waals surface area (Å²) in [5, 5.41) is 14.9. The van der Waals surface area contributed by atoms with Crippen molar-refractivity contribution >= 4 is 5.91 Å². The van der Waals surface area contributed by atoms with Crippen LogP contribution in [-0.2, 0) is 13.0 Å². The average molecular weight is 304 g/mol. The summed E-state index contributed by atoms with van der Waals surface area (Å²) >= 11 is 0. The molecule has 2 aromatic rings. The number of piperidine rings is 1. The van der Waals surface area contributed by atoms with Crippen LogP contribution in [0.2, 0.25) is 0 Å². The number of hydrogen-bond donors (Lipinski definition) is 2. The number of nitrogens with one attached hydrogen (secondary N) is 1. The topological polar surface area (TPSA) is 114 Å². The molecule has 8 heteroatoms. The molecule has 0 bridgehead atoms. The molecule has 1 saturated heterocycles. The molecule has 8 nitrogen and oxygen atoms in total. The van der Waals surface area contributed by atoms with E-state index in [9.17, 15) is 4.79 Å². The smallest absolute Gasteiger partial charge is 0.269 e. The van der Waals surface area contributed by atoms with Crippen molar-refractivity contribution in [1.82, 2.24) is 25.3 Å². The summed E-state index contributed by atoms with van der Waals surface area (Å²) in [6, 6.07) is 1.75. The minimum atomic E-state index is -0.506. The predicted molar refractivity (Wildman–Crippen MR) is 78.0 cm³/mol. The molecule has 3 heterocycles. The van der Waals surface area contributed by atoms with Crippen molar-refractivity contribution < 1.29 is 9.21 Å². The number of primary amides is 1. The Morgan fingerprint density at radius 3 is 3.00 bits per heavy atom. The first-order valence-corrected chi connectivity index (χ1v) is 7.54. The lowest BCUT2D eigenvalue weighted by Gasteiger charge is -2.31. The highest BCUT2D eigenvalue weighted by molar-refractivity contribution is 5.90. The van der Waals surface area contributed by atoms with Crippen LogP contribution < -0.4 is 5.73 Å². The highest BCUT2D eigenvalue weighted by Crippen LogP contribution is 2.26. The number of H-pyrrole nitrogens is 1. The van der Waals surface area contributed by atoms with Crippen LogP contribution >= 0.6 is 0 Å². The second-order valence-electron chi connectivity index (χ2n) is 5.59. The number of likely N-dealkylation sites (tertiary alicyclic amines) is 1. The second-order valence-corrected chi connectivity index (χ2v) is 5.59. The predicted octanol–water partition coefficient (Wildman–Crippen LogP) is 0.834. The van der Waals surface area contributed by atoms with Gasteiger partial charge in [-0.1, -0.05) is 6.92 Å². The first kappa shape index (κ1) is 14.7. The van der Waals surface area contributed by atoms with Gasteiger partial charge in [0.1, 0.15) is 5.69 Å². The van der Waals surface area contributed by atoms with Crippen LogP contribution in [0.3, 0.4) is 0 Å². The zero-order chi connectivity index (χ0) is 15.5. The SMILES string of the molecule is CCc1nnc(CN2CCC[C@@H](c3cc(C(N)=O)n[nH]3)C2)o1. The number of hydrogen-bond acceptors (Lipinski definition) is 6. The van der Waals surface area contributed by atoms with Gasteiger partial charge in [-0.05, 0) is 25.5 Å². The fourth-order valence-electron chi connectivity index (χ4n) is 2.81. The standard InChI is InChI=1S/C14H20N6O2/c1-2-12-18-19-13(22-12)8-20-5-3-4-9(7-20)10-6-11(14(15)21)17-16-10/h6,9H,2-5,7-8H2,1H3,(H2,15,21)(H,16,17)/t9-/m1/s1. The molecule has 0 spiro atoms. The summed E-state index contributed by atoms with van der Waals surface area (Å²) in [5.74, 6) is 1.12. The van der Waals surface area contributed by atoms with Gasteiger partial charge in [0.2, 0.25) is 11.8 Å². The van der Waals surface area contributed by atoms with Crippen molar-refractivity contribution in [3.05, 3.63) is 29.2 Å². The highest BCUT2D eigenvalue weighted by Gasteiger charge is 2.24. The van der Waals surface area contributed by atoms with Crippen LogP contribution in [0.5, 0.6) is 0 Å². The molecule has 0 unspecified atom stereocenters. The number of amides is 1. The van der Waals surface area contributed by atoms with Crippen molar-refractivity contribution in [1.29, 1.82) is 0 Å². The molecule has 1 amide bonds. The van der Waals surface area contributed by atoms with E-state index in [4.69, 9.17) is 10.2 Å². The fraction of sp³-hybridized carbons (Fsp3) is 0.571. The third kappa shape index (κ3) is 3.16. The zero-order valence-electron chi connectivity index (χ0n) is 12.6. The highest BCUT2D eigenvalue weighted by atomic mass is 16.4. The van der Waals surface area contributed by atoms with Gasteiger partial charge in [-0.2, -0.15) is 5.10 Å². The summed E-state index contributed by atoms with van der Waals surface area (Å²) in [6.45, 7) is 4.50. The lowest BCUT2D eigenvalue weighted by Crippen LogP contribution is -2.34. The van der Waals surface area contributed by atoms with Crippen LogP contribution in [0.15, 0.2) is 10.5 Å². The molecule has 3 rings (SSSR count).